The summed E-state index contributed by atoms with van der Waals surface area (Å²) in [5.74, 6) is 0.486. The molecule has 3 rings (SSSR count). The summed E-state index contributed by atoms with van der Waals surface area (Å²) in [6.07, 6.45) is 4.39. The van der Waals surface area contributed by atoms with Crippen molar-refractivity contribution in [1.29, 1.82) is 0 Å². The Morgan fingerprint density at radius 1 is 1.33 bits per heavy atom. The zero-order valence-electron chi connectivity index (χ0n) is 12.9. The molecule has 2 aliphatic carbocycles. The second-order valence-electron chi connectivity index (χ2n) is 7.57. The summed E-state index contributed by atoms with van der Waals surface area (Å²) in [5, 5.41) is 3.29. The molecule has 0 aromatic rings. The minimum Gasteiger partial charge on any atom is -0.313 e. The Balaban J connectivity index is 1.70. The van der Waals surface area contributed by atoms with Crippen LogP contribution < -0.4 is 10.0 Å². The molecule has 0 aromatic carbocycles. The van der Waals surface area contributed by atoms with Crippen LogP contribution in [0.2, 0.25) is 0 Å². The van der Waals surface area contributed by atoms with Gasteiger partial charge in [0.15, 0.2) is 0 Å². The predicted molar refractivity (Wildman–Crippen MR) is 81.4 cm³/mol. The van der Waals surface area contributed by atoms with Crippen LogP contribution in [0.5, 0.6) is 0 Å². The van der Waals surface area contributed by atoms with Crippen molar-refractivity contribution in [2.24, 2.45) is 16.7 Å². The molecule has 2 saturated carbocycles. The third-order valence-electron chi connectivity index (χ3n) is 6.29. The van der Waals surface area contributed by atoms with Gasteiger partial charge in [0.2, 0.25) is 10.0 Å². The third kappa shape index (κ3) is 2.45. The smallest absolute Gasteiger partial charge is 0.212 e. The van der Waals surface area contributed by atoms with Crippen molar-refractivity contribution in [3.8, 4) is 0 Å². The molecule has 0 aromatic heterocycles. The Morgan fingerprint density at radius 3 is 2.62 bits per heavy atom. The van der Waals surface area contributed by atoms with E-state index in [1.54, 1.807) is 0 Å². The maximum absolute atomic E-state index is 12.5. The van der Waals surface area contributed by atoms with Gasteiger partial charge in [-0.15, -0.1) is 0 Å². The quantitative estimate of drug-likeness (QED) is 0.795. The van der Waals surface area contributed by atoms with Crippen molar-refractivity contribution in [1.82, 2.24) is 10.0 Å². The summed E-state index contributed by atoms with van der Waals surface area (Å²) in [6, 6.07) is 0.237. The van der Waals surface area contributed by atoms with E-state index in [1.807, 2.05) is 0 Å². The lowest BCUT2D eigenvalue weighted by Gasteiger charge is -2.36. The van der Waals surface area contributed by atoms with Crippen molar-refractivity contribution in [3.63, 3.8) is 0 Å². The SMILES string of the molecule is CC1(C)C2CCC1(CS(=O)(=O)NC[C@@H]1CCCN1)C(=O)C2. The predicted octanol–water partition coefficient (Wildman–Crippen LogP) is 1.05. The van der Waals surface area contributed by atoms with Crippen LogP contribution in [0.15, 0.2) is 0 Å². The highest BCUT2D eigenvalue weighted by Crippen LogP contribution is 2.64. The number of hydrogen-bond acceptors (Lipinski definition) is 4. The molecule has 0 radical (unpaired) electrons. The minimum absolute atomic E-state index is 0.0327. The van der Waals surface area contributed by atoms with E-state index < -0.39 is 15.4 Å². The summed E-state index contributed by atoms with van der Waals surface area (Å²) >= 11 is 0. The van der Waals surface area contributed by atoms with Gasteiger partial charge in [-0.2, -0.15) is 0 Å². The number of carbonyl (C=O) groups is 1. The number of sulfonamides is 1. The van der Waals surface area contributed by atoms with Gasteiger partial charge in [0.25, 0.3) is 0 Å². The Morgan fingerprint density at radius 2 is 2.10 bits per heavy atom. The Bertz CT molecular complexity index is 537. The maximum atomic E-state index is 12.5. The summed E-state index contributed by atoms with van der Waals surface area (Å²) < 4.78 is 27.7. The fourth-order valence-corrected chi connectivity index (χ4v) is 6.53. The molecule has 0 amide bonds. The van der Waals surface area contributed by atoms with Crippen molar-refractivity contribution in [2.75, 3.05) is 18.8 Å². The molecule has 1 heterocycles. The largest absolute Gasteiger partial charge is 0.313 e. The van der Waals surface area contributed by atoms with E-state index in [-0.39, 0.29) is 23.0 Å². The maximum Gasteiger partial charge on any atom is 0.212 e. The number of ketones is 1. The van der Waals surface area contributed by atoms with Gasteiger partial charge < -0.3 is 5.32 Å². The fourth-order valence-electron chi connectivity index (χ4n) is 4.64. The van der Waals surface area contributed by atoms with Crippen molar-refractivity contribution in [3.05, 3.63) is 0 Å². The first-order valence-corrected chi connectivity index (χ1v) is 9.66. The zero-order valence-corrected chi connectivity index (χ0v) is 13.8. The van der Waals surface area contributed by atoms with E-state index in [2.05, 4.69) is 23.9 Å². The van der Waals surface area contributed by atoms with Crippen LogP contribution in [0.4, 0.5) is 0 Å². The number of carbonyl (C=O) groups excluding carboxylic acids is 1. The van der Waals surface area contributed by atoms with E-state index in [9.17, 15) is 13.2 Å². The first-order chi connectivity index (χ1) is 9.77. The Kier molecular flexibility index (Phi) is 3.70. The highest BCUT2D eigenvalue weighted by molar-refractivity contribution is 7.89. The molecule has 3 aliphatic rings. The molecule has 21 heavy (non-hydrogen) atoms. The number of hydrogen-bond donors (Lipinski definition) is 2. The van der Waals surface area contributed by atoms with Gasteiger partial charge >= 0.3 is 0 Å². The molecule has 6 heteroatoms. The third-order valence-corrected chi connectivity index (χ3v) is 7.77. The highest BCUT2D eigenvalue weighted by atomic mass is 32.2. The molecule has 2 N–H and O–H groups in total. The molecule has 2 unspecified atom stereocenters. The topological polar surface area (TPSA) is 75.3 Å². The highest BCUT2D eigenvalue weighted by Gasteiger charge is 2.65. The van der Waals surface area contributed by atoms with Crippen molar-refractivity contribution >= 4 is 15.8 Å². The number of nitrogens with one attached hydrogen (secondary N) is 2. The summed E-state index contributed by atoms with van der Waals surface area (Å²) in [6.45, 7) is 5.55. The first-order valence-electron chi connectivity index (χ1n) is 8.01. The lowest BCUT2D eigenvalue weighted by atomic mass is 9.70. The lowest BCUT2D eigenvalue weighted by Crippen LogP contribution is -2.47. The molecule has 1 aliphatic heterocycles. The average molecular weight is 314 g/mol. The molecule has 1 saturated heterocycles. The van der Waals surface area contributed by atoms with Crippen LogP contribution in [0, 0.1) is 16.7 Å². The van der Waals surface area contributed by atoms with Gasteiger partial charge in [0.05, 0.1) is 5.75 Å². The summed E-state index contributed by atoms with van der Waals surface area (Å²) in [7, 11) is -3.41. The van der Waals surface area contributed by atoms with Gasteiger partial charge in [0, 0.05) is 24.4 Å². The van der Waals surface area contributed by atoms with Crippen LogP contribution in [0.3, 0.4) is 0 Å². The molecular formula is C15H26N2O3S. The molecular weight excluding hydrogens is 288 g/mol. The van der Waals surface area contributed by atoms with Crippen LogP contribution in [0.1, 0.15) is 46.0 Å². The molecule has 2 bridgehead atoms. The van der Waals surface area contributed by atoms with Crippen molar-refractivity contribution in [2.45, 2.75) is 52.0 Å². The molecule has 120 valence electrons. The van der Waals surface area contributed by atoms with E-state index >= 15 is 0 Å². The molecule has 0 spiro atoms. The van der Waals surface area contributed by atoms with E-state index in [0.29, 0.717) is 18.9 Å². The van der Waals surface area contributed by atoms with Crippen LogP contribution in [0.25, 0.3) is 0 Å². The molecule has 3 atom stereocenters. The standard InChI is InChI=1S/C15H26N2O3S/c1-14(2)11-5-6-15(14,13(18)8-11)10-21(19,20)17-9-12-4-3-7-16-12/h11-12,16-17H,3-10H2,1-2H3/t11?,12-,15?/m0/s1. The normalized spacial score (nSPS) is 38.3. The van der Waals surface area contributed by atoms with E-state index in [4.69, 9.17) is 0 Å². The molecule has 5 nitrogen and oxygen atoms in total. The van der Waals surface area contributed by atoms with Gasteiger partial charge in [-0.3, -0.25) is 4.79 Å². The van der Waals surface area contributed by atoms with Crippen molar-refractivity contribution < 1.29 is 13.2 Å². The van der Waals surface area contributed by atoms with Gasteiger partial charge in [-0.05, 0) is 43.6 Å². The van der Waals surface area contributed by atoms with E-state index in [0.717, 1.165) is 32.2 Å². The lowest BCUT2D eigenvalue weighted by molar-refractivity contribution is -0.128. The number of rotatable bonds is 5. The Labute approximate surface area is 127 Å². The molecule has 3 fully saturated rings. The van der Waals surface area contributed by atoms with Crippen LogP contribution >= 0.6 is 0 Å². The second-order valence-corrected chi connectivity index (χ2v) is 9.37. The monoisotopic (exact) mass is 314 g/mol. The van der Waals surface area contributed by atoms with Gasteiger partial charge in [-0.1, -0.05) is 13.8 Å². The Hall–Kier alpha value is -0.460. The fraction of sp³-hybridized carbons (Fsp3) is 0.933. The van der Waals surface area contributed by atoms with E-state index in [1.165, 1.54) is 0 Å². The van der Waals surface area contributed by atoms with Gasteiger partial charge in [-0.25, -0.2) is 13.1 Å². The summed E-state index contributed by atoms with van der Waals surface area (Å²) in [4.78, 5) is 12.4. The minimum atomic E-state index is -3.41. The van der Waals surface area contributed by atoms with Crippen LogP contribution in [-0.4, -0.2) is 39.1 Å². The first kappa shape index (κ1) is 15.4. The summed E-state index contributed by atoms with van der Waals surface area (Å²) in [5.41, 5.74) is -0.850. The van der Waals surface area contributed by atoms with Crippen LogP contribution in [-0.2, 0) is 14.8 Å². The average Bonchev–Trinajstić information content (AvgIpc) is 3.02. The zero-order chi connectivity index (χ0) is 15.3. The van der Waals surface area contributed by atoms with Gasteiger partial charge in [0.1, 0.15) is 5.78 Å². The second kappa shape index (κ2) is 5.03. The number of fused-ring (bicyclic) bond motifs is 2. The number of Topliss-reactive ketones (excluding diaryl/α,β-unsaturated/α-hetero) is 1.